The van der Waals surface area contributed by atoms with E-state index in [1.165, 1.54) is 5.56 Å². The van der Waals surface area contributed by atoms with Gasteiger partial charge in [0.05, 0.1) is 10.7 Å². The highest BCUT2D eigenvalue weighted by Gasteiger charge is 1.98. The SMILES string of the molecule is CSCCNc1ccc(C)cc1Cl. The molecule has 0 fully saturated rings. The van der Waals surface area contributed by atoms with E-state index in [4.69, 9.17) is 11.6 Å². The molecule has 1 aromatic carbocycles. The minimum Gasteiger partial charge on any atom is -0.383 e. The number of hydrogen-bond acceptors (Lipinski definition) is 2. The molecule has 0 radical (unpaired) electrons. The fourth-order valence-corrected chi connectivity index (χ4v) is 1.66. The van der Waals surface area contributed by atoms with Gasteiger partial charge in [0, 0.05) is 12.3 Å². The van der Waals surface area contributed by atoms with Crippen molar-refractivity contribution in [2.75, 3.05) is 23.9 Å². The highest BCUT2D eigenvalue weighted by Crippen LogP contribution is 2.22. The van der Waals surface area contributed by atoms with Gasteiger partial charge in [-0.2, -0.15) is 11.8 Å². The maximum atomic E-state index is 6.04. The molecule has 1 rings (SSSR count). The molecule has 0 atom stereocenters. The highest BCUT2D eigenvalue weighted by molar-refractivity contribution is 7.98. The summed E-state index contributed by atoms with van der Waals surface area (Å²) in [5.74, 6) is 1.10. The summed E-state index contributed by atoms with van der Waals surface area (Å²) >= 11 is 7.86. The van der Waals surface area contributed by atoms with Crippen LogP contribution >= 0.6 is 23.4 Å². The number of thioether (sulfide) groups is 1. The van der Waals surface area contributed by atoms with Crippen LogP contribution in [0.4, 0.5) is 5.69 Å². The van der Waals surface area contributed by atoms with E-state index in [2.05, 4.69) is 17.6 Å². The Morgan fingerprint density at radius 1 is 1.46 bits per heavy atom. The lowest BCUT2D eigenvalue weighted by Gasteiger charge is -2.07. The zero-order chi connectivity index (χ0) is 9.68. The number of rotatable bonds is 4. The van der Waals surface area contributed by atoms with Gasteiger partial charge < -0.3 is 5.32 Å². The van der Waals surface area contributed by atoms with E-state index in [1.807, 2.05) is 30.8 Å². The summed E-state index contributed by atoms with van der Waals surface area (Å²) in [6.07, 6.45) is 2.10. The van der Waals surface area contributed by atoms with Crippen molar-refractivity contribution in [1.82, 2.24) is 0 Å². The fraction of sp³-hybridized carbons (Fsp3) is 0.400. The third-order valence-electron chi connectivity index (χ3n) is 1.75. The minimum atomic E-state index is 0.807. The van der Waals surface area contributed by atoms with Gasteiger partial charge in [0.25, 0.3) is 0 Å². The first-order chi connectivity index (χ1) is 6.24. The summed E-state index contributed by atoms with van der Waals surface area (Å²) in [6.45, 7) is 3.00. The van der Waals surface area contributed by atoms with Crippen LogP contribution in [-0.4, -0.2) is 18.6 Å². The maximum Gasteiger partial charge on any atom is 0.0640 e. The standard InChI is InChI=1S/C10H14ClNS/c1-8-3-4-10(9(11)7-8)12-5-6-13-2/h3-4,7,12H,5-6H2,1-2H3. The zero-order valence-corrected chi connectivity index (χ0v) is 9.50. The van der Waals surface area contributed by atoms with Gasteiger partial charge in [-0.3, -0.25) is 0 Å². The zero-order valence-electron chi connectivity index (χ0n) is 7.93. The van der Waals surface area contributed by atoms with Gasteiger partial charge in [0.2, 0.25) is 0 Å². The molecule has 0 aromatic heterocycles. The van der Waals surface area contributed by atoms with Crippen molar-refractivity contribution in [2.24, 2.45) is 0 Å². The number of benzene rings is 1. The molecule has 1 aromatic rings. The average molecular weight is 216 g/mol. The van der Waals surface area contributed by atoms with Crippen LogP contribution in [0.5, 0.6) is 0 Å². The van der Waals surface area contributed by atoms with Crippen molar-refractivity contribution >= 4 is 29.1 Å². The van der Waals surface area contributed by atoms with Crippen LogP contribution in [0.2, 0.25) is 5.02 Å². The third kappa shape index (κ3) is 3.49. The Morgan fingerprint density at radius 3 is 2.85 bits per heavy atom. The summed E-state index contributed by atoms with van der Waals surface area (Å²) in [5.41, 5.74) is 2.22. The number of halogens is 1. The quantitative estimate of drug-likeness (QED) is 0.773. The van der Waals surface area contributed by atoms with E-state index >= 15 is 0 Å². The van der Waals surface area contributed by atoms with E-state index in [0.717, 1.165) is 23.0 Å². The average Bonchev–Trinajstić information content (AvgIpc) is 2.09. The lowest BCUT2D eigenvalue weighted by Crippen LogP contribution is -2.03. The number of anilines is 1. The van der Waals surface area contributed by atoms with E-state index < -0.39 is 0 Å². The molecule has 0 spiro atoms. The molecule has 0 aliphatic heterocycles. The Balaban J connectivity index is 2.56. The van der Waals surface area contributed by atoms with Crippen molar-refractivity contribution in [2.45, 2.75) is 6.92 Å². The summed E-state index contributed by atoms with van der Waals surface area (Å²) < 4.78 is 0. The molecule has 0 unspecified atom stereocenters. The van der Waals surface area contributed by atoms with Gasteiger partial charge in [0.1, 0.15) is 0 Å². The van der Waals surface area contributed by atoms with Crippen molar-refractivity contribution in [3.05, 3.63) is 28.8 Å². The predicted octanol–water partition coefficient (Wildman–Crippen LogP) is 3.42. The summed E-state index contributed by atoms with van der Waals surface area (Å²) in [5, 5.41) is 4.09. The molecule has 13 heavy (non-hydrogen) atoms. The Morgan fingerprint density at radius 2 is 2.23 bits per heavy atom. The van der Waals surface area contributed by atoms with Crippen molar-refractivity contribution in [3.63, 3.8) is 0 Å². The van der Waals surface area contributed by atoms with E-state index in [-0.39, 0.29) is 0 Å². The minimum absolute atomic E-state index is 0.807. The molecule has 0 saturated carbocycles. The Kier molecular flexibility index (Phi) is 4.46. The molecular formula is C10H14ClNS. The van der Waals surface area contributed by atoms with E-state index in [1.54, 1.807) is 0 Å². The van der Waals surface area contributed by atoms with Crippen molar-refractivity contribution in [3.8, 4) is 0 Å². The fourth-order valence-electron chi connectivity index (χ4n) is 1.05. The highest BCUT2D eigenvalue weighted by atomic mass is 35.5. The number of aryl methyl sites for hydroxylation is 1. The second-order valence-corrected chi connectivity index (χ2v) is 4.30. The molecule has 0 saturated heterocycles. The van der Waals surface area contributed by atoms with Gasteiger partial charge in [-0.25, -0.2) is 0 Å². The van der Waals surface area contributed by atoms with Gasteiger partial charge in [-0.15, -0.1) is 0 Å². The van der Waals surface area contributed by atoms with Crippen molar-refractivity contribution < 1.29 is 0 Å². The summed E-state index contributed by atoms with van der Waals surface area (Å²) in [6, 6.07) is 6.06. The Labute approximate surface area is 88.9 Å². The topological polar surface area (TPSA) is 12.0 Å². The second kappa shape index (κ2) is 5.40. The molecule has 3 heteroatoms. The molecular weight excluding hydrogens is 202 g/mol. The first-order valence-corrected chi connectivity index (χ1v) is 6.00. The van der Waals surface area contributed by atoms with Crippen molar-refractivity contribution in [1.29, 1.82) is 0 Å². The molecule has 1 nitrogen and oxygen atoms in total. The molecule has 0 heterocycles. The van der Waals surface area contributed by atoms with Crippen LogP contribution in [0.25, 0.3) is 0 Å². The van der Waals surface area contributed by atoms with Crippen LogP contribution in [0.15, 0.2) is 18.2 Å². The predicted molar refractivity (Wildman–Crippen MR) is 63.1 cm³/mol. The molecule has 1 N–H and O–H groups in total. The number of nitrogens with one attached hydrogen (secondary N) is 1. The van der Waals surface area contributed by atoms with Crippen LogP contribution in [0.3, 0.4) is 0 Å². The summed E-state index contributed by atoms with van der Waals surface area (Å²) in [7, 11) is 0. The molecule has 72 valence electrons. The van der Waals surface area contributed by atoms with Crippen LogP contribution in [0, 0.1) is 6.92 Å². The largest absolute Gasteiger partial charge is 0.383 e. The Bertz CT molecular complexity index is 276. The first kappa shape index (κ1) is 10.7. The maximum absolute atomic E-state index is 6.04. The Hall–Kier alpha value is -0.340. The van der Waals surface area contributed by atoms with Gasteiger partial charge in [-0.05, 0) is 30.9 Å². The normalized spacial score (nSPS) is 10.1. The van der Waals surface area contributed by atoms with Crippen LogP contribution in [0.1, 0.15) is 5.56 Å². The molecule has 0 bridgehead atoms. The lowest BCUT2D eigenvalue weighted by molar-refractivity contribution is 1.23. The molecule has 0 aliphatic rings. The van der Waals surface area contributed by atoms with Crippen LogP contribution in [-0.2, 0) is 0 Å². The summed E-state index contributed by atoms with van der Waals surface area (Å²) in [4.78, 5) is 0. The molecule has 0 aliphatic carbocycles. The van der Waals surface area contributed by atoms with Crippen LogP contribution < -0.4 is 5.32 Å². The van der Waals surface area contributed by atoms with Gasteiger partial charge >= 0.3 is 0 Å². The van der Waals surface area contributed by atoms with E-state index in [0.29, 0.717) is 0 Å². The van der Waals surface area contributed by atoms with Gasteiger partial charge in [0.15, 0.2) is 0 Å². The smallest absolute Gasteiger partial charge is 0.0640 e. The second-order valence-electron chi connectivity index (χ2n) is 2.90. The first-order valence-electron chi connectivity index (χ1n) is 4.23. The van der Waals surface area contributed by atoms with E-state index in [9.17, 15) is 0 Å². The lowest BCUT2D eigenvalue weighted by atomic mass is 10.2. The third-order valence-corrected chi connectivity index (χ3v) is 2.67. The molecule has 0 amide bonds. The van der Waals surface area contributed by atoms with Gasteiger partial charge in [-0.1, -0.05) is 17.7 Å². The number of hydrogen-bond donors (Lipinski definition) is 1. The monoisotopic (exact) mass is 215 g/mol.